The third kappa shape index (κ3) is 15.6. The second-order valence-electron chi connectivity index (χ2n) is 6.03. The first-order valence-electron chi connectivity index (χ1n) is 8.99. The van der Waals surface area contributed by atoms with Gasteiger partial charge in [-0.1, -0.05) is 39.0 Å². The maximum atomic E-state index is 7.75. The second-order valence-corrected chi connectivity index (χ2v) is 6.03. The number of rotatable bonds is 15. The van der Waals surface area contributed by atoms with E-state index in [-0.39, 0.29) is 6.04 Å². The van der Waals surface area contributed by atoms with Gasteiger partial charge in [0.2, 0.25) is 0 Å². The summed E-state index contributed by atoms with van der Waals surface area (Å²) in [5, 5.41) is 17.4. The molecule has 0 saturated carbocycles. The van der Waals surface area contributed by atoms with Gasteiger partial charge in [-0.15, -0.1) is 0 Å². The molecule has 0 aliphatic carbocycles. The van der Waals surface area contributed by atoms with Crippen molar-refractivity contribution in [2.24, 2.45) is 0 Å². The number of methoxy groups -OCH3 is 1. The largest absolute Gasteiger partial charge is 0.383 e. The SMILES string of the molecule is CCCCCCCNCCCCCNC(=N)NC(C)COC. The van der Waals surface area contributed by atoms with E-state index in [0.29, 0.717) is 12.6 Å². The molecule has 5 nitrogen and oxygen atoms in total. The molecule has 0 bridgehead atoms. The molecule has 1 unspecified atom stereocenters. The summed E-state index contributed by atoms with van der Waals surface area (Å²) in [5.74, 6) is 0.398. The first kappa shape index (κ1) is 21.2. The highest BCUT2D eigenvalue weighted by atomic mass is 16.5. The second kappa shape index (κ2) is 16.6. The summed E-state index contributed by atoms with van der Waals surface area (Å²) in [5.41, 5.74) is 0. The van der Waals surface area contributed by atoms with Gasteiger partial charge in [-0.3, -0.25) is 5.41 Å². The quantitative estimate of drug-likeness (QED) is 0.213. The summed E-state index contributed by atoms with van der Waals surface area (Å²) in [4.78, 5) is 0. The molecule has 0 radical (unpaired) electrons. The molecular formula is C17H38N4O. The zero-order valence-corrected chi connectivity index (χ0v) is 15.0. The van der Waals surface area contributed by atoms with Crippen molar-refractivity contribution in [1.82, 2.24) is 16.0 Å². The molecule has 1 atom stereocenters. The van der Waals surface area contributed by atoms with Gasteiger partial charge in [0, 0.05) is 19.7 Å². The molecule has 132 valence electrons. The average molecular weight is 315 g/mol. The molecule has 0 aromatic heterocycles. The van der Waals surface area contributed by atoms with Gasteiger partial charge < -0.3 is 20.7 Å². The van der Waals surface area contributed by atoms with E-state index in [1.165, 1.54) is 44.9 Å². The summed E-state index contributed by atoms with van der Waals surface area (Å²) in [6.07, 6.45) is 10.3. The van der Waals surface area contributed by atoms with Crippen LogP contribution >= 0.6 is 0 Å². The minimum atomic E-state index is 0.173. The summed E-state index contributed by atoms with van der Waals surface area (Å²) in [7, 11) is 1.68. The standard InChI is InChI=1S/C17H38N4O/c1-4-5-6-7-9-12-19-13-10-8-11-14-20-17(18)21-16(2)15-22-3/h16,19H,4-15H2,1-3H3,(H3,18,20,21). The Labute approximate surface area is 137 Å². The molecule has 0 aromatic rings. The first-order chi connectivity index (χ1) is 10.7. The van der Waals surface area contributed by atoms with Gasteiger partial charge in [0.1, 0.15) is 0 Å². The molecule has 0 heterocycles. The number of ether oxygens (including phenoxy) is 1. The Morgan fingerprint density at radius 2 is 1.55 bits per heavy atom. The minimum absolute atomic E-state index is 0.173. The topological polar surface area (TPSA) is 69.2 Å². The first-order valence-corrected chi connectivity index (χ1v) is 8.99. The number of hydrogen-bond donors (Lipinski definition) is 4. The Bertz CT molecular complexity index is 249. The Hall–Kier alpha value is -0.810. The van der Waals surface area contributed by atoms with E-state index in [9.17, 15) is 0 Å². The fourth-order valence-electron chi connectivity index (χ4n) is 2.33. The lowest BCUT2D eigenvalue weighted by molar-refractivity contribution is 0.179. The van der Waals surface area contributed by atoms with E-state index >= 15 is 0 Å². The number of unbranched alkanes of at least 4 members (excludes halogenated alkanes) is 6. The van der Waals surface area contributed by atoms with Crippen molar-refractivity contribution in [3.8, 4) is 0 Å². The van der Waals surface area contributed by atoms with Crippen LogP contribution in [0.4, 0.5) is 0 Å². The lowest BCUT2D eigenvalue weighted by Crippen LogP contribution is -2.43. The zero-order chi connectivity index (χ0) is 16.5. The highest BCUT2D eigenvalue weighted by Gasteiger charge is 2.02. The smallest absolute Gasteiger partial charge is 0.188 e. The highest BCUT2D eigenvalue weighted by Crippen LogP contribution is 2.01. The molecule has 0 saturated heterocycles. The van der Waals surface area contributed by atoms with E-state index in [4.69, 9.17) is 10.1 Å². The molecule has 0 fully saturated rings. The van der Waals surface area contributed by atoms with Crippen molar-refractivity contribution in [2.45, 2.75) is 71.3 Å². The van der Waals surface area contributed by atoms with Crippen LogP contribution in [0.1, 0.15) is 65.2 Å². The van der Waals surface area contributed by atoms with E-state index < -0.39 is 0 Å². The molecule has 4 N–H and O–H groups in total. The lowest BCUT2D eigenvalue weighted by atomic mass is 10.1. The molecule has 0 aliphatic rings. The van der Waals surface area contributed by atoms with Gasteiger partial charge >= 0.3 is 0 Å². The lowest BCUT2D eigenvalue weighted by Gasteiger charge is -2.15. The third-order valence-corrected chi connectivity index (χ3v) is 3.60. The normalized spacial score (nSPS) is 12.1. The van der Waals surface area contributed by atoms with Crippen LogP contribution in [-0.2, 0) is 4.74 Å². The predicted molar refractivity (Wildman–Crippen MR) is 95.7 cm³/mol. The fraction of sp³-hybridized carbons (Fsp3) is 0.941. The number of guanidine groups is 1. The van der Waals surface area contributed by atoms with Gasteiger partial charge in [0.05, 0.1) is 6.61 Å². The third-order valence-electron chi connectivity index (χ3n) is 3.60. The van der Waals surface area contributed by atoms with Crippen molar-refractivity contribution in [2.75, 3.05) is 33.4 Å². The minimum Gasteiger partial charge on any atom is -0.383 e. The average Bonchev–Trinajstić information content (AvgIpc) is 2.48. The Kier molecular flexibility index (Phi) is 15.9. The van der Waals surface area contributed by atoms with Gasteiger partial charge in [-0.2, -0.15) is 0 Å². The molecule has 0 amide bonds. The monoisotopic (exact) mass is 314 g/mol. The summed E-state index contributed by atoms with van der Waals surface area (Å²) < 4.78 is 5.03. The van der Waals surface area contributed by atoms with Crippen molar-refractivity contribution in [1.29, 1.82) is 5.41 Å². The van der Waals surface area contributed by atoms with Crippen LogP contribution in [0.2, 0.25) is 0 Å². The van der Waals surface area contributed by atoms with Crippen LogP contribution in [-0.4, -0.2) is 45.4 Å². The molecule has 5 heteroatoms. The predicted octanol–water partition coefficient (Wildman–Crippen LogP) is 2.87. The molecule has 22 heavy (non-hydrogen) atoms. The highest BCUT2D eigenvalue weighted by molar-refractivity contribution is 5.76. The Morgan fingerprint density at radius 3 is 2.18 bits per heavy atom. The maximum absolute atomic E-state index is 7.75. The Morgan fingerprint density at radius 1 is 0.955 bits per heavy atom. The van der Waals surface area contributed by atoms with Gasteiger partial charge in [-0.25, -0.2) is 0 Å². The van der Waals surface area contributed by atoms with Crippen molar-refractivity contribution in [3.63, 3.8) is 0 Å². The van der Waals surface area contributed by atoms with Crippen LogP contribution < -0.4 is 16.0 Å². The summed E-state index contributed by atoms with van der Waals surface area (Å²) >= 11 is 0. The van der Waals surface area contributed by atoms with Crippen molar-refractivity contribution < 1.29 is 4.74 Å². The van der Waals surface area contributed by atoms with E-state index in [2.05, 4.69) is 22.9 Å². The van der Waals surface area contributed by atoms with Crippen LogP contribution in [0.5, 0.6) is 0 Å². The van der Waals surface area contributed by atoms with Crippen LogP contribution in [0.15, 0.2) is 0 Å². The van der Waals surface area contributed by atoms with Crippen LogP contribution in [0.25, 0.3) is 0 Å². The maximum Gasteiger partial charge on any atom is 0.188 e. The molecule has 0 spiro atoms. The van der Waals surface area contributed by atoms with Gasteiger partial charge in [-0.05, 0) is 39.3 Å². The molecule has 0 rings (SSSR count). The number of hydrogen-bond acceptors (Lipinski definition) is 3. The number of nitrogens with one attached hydrogen (secondary N) is 4. The molecule has 0 aliphatic heterocycles. The molecular weight excluding hydrogens is 276 g/mol. The van der Waals surface area contributed by atoms with Crippen molar-refractivity contribution in [3.05, 3.63) is 0 Å². The summed E-state index contributed by atoms with van der Waals surface area (Å²) in [6, 6.07) is 0.173. The Balaban J connectivity index is 3.18. The van der Waals surface area contributed by atoms with E-state index in [1.54, 1.807) is 7.11 Å². The van der Waals surface area contributed by atoms with Gasteiger partial charge in [0.15, 0.2) is 5.96 Å². The zero-order valence-electron chi connectivity index (χ0n) is 15.0. The fourth-order valence-corrected chi connectivity index (χ4v) is 2.33. The van der Waals surface area contributed by atoms with Crippen molar-refractivity contribution >= 4 is 5.96 Å². The summed E-state index contributed by atoms with van der Waals surface area (Å²) in [6.45, 7) is 8.03. The van der Waals surface area contributed by atoms with Crippen LogP contribution in [0.3, 0.4) is 0 Å². The molecule has 0 aromatic carbocycles. The van der Waals surface area contributed by atoms with Gasteiger partial charge in [0.25, 0.3) is 0 Å². The van der Waals surface area contributed by atoms with E-state index in [1.807, 2.05) is 6.92 Å². The van der Waals surface area contributed by atoms with E-state index in [0.717, 1.165) is 26.1 Å². The van der Waals surface area contributed by atoms with Crippen LogP contribution in [0, 0.1) is 5.41 Å².